The molecule has 0 radical (unpaired) electrons. The first kappa shape index (κ1) is 23.3. The Kier molecular flexibility index (Phi) is 6.16. The Balaban J connectivity index is 1.22. The number of carbonyl (C=O) groups is 1. The molecule has 0 unspecified atom stereocenters. The molecule has 2 atom stereocenters. The van der Waals surface area contributed by atoms with E-state index in [1.807, 2.05) is 37.9 Å². The number of nitrogens with zero attached hydrogens (tertiary/aromatic N) is 5. The molecule has 3 saturated heterocycles. The SMILES string of the molecule is CC(C)(C)OC(=O)N1CCC2(CC1)COCCN2C[C@@H]1CC[C@H](n2ccc3c(N)ncnc32)O1. The van der Waals surface area contributed by atoms with Gasteiger partial charge in [-0.1, -0.05) is 0 Å². The summed E-state index contributed by atoms with van der Waals surface area (Å²) in [4.78, 5) is 25.4. The Hall–Kier alpha value is -2.43. The van der Waals surface area contributed by atoms with Crippen LogP contribution >= 0.6 is 0 Å². The van der Waals surface area contributed by atoms with Crippen molar-refractivity contribution in [3.63, 3.8) is 0 Å². The second-order valence-electron chi connectivity index (χ2n) is 10.7. The van der Waals surface area contributed by atoms with Crippen LogP contribution in [0.5, 0.6) is 0 Å². The third-order valence-electron chi connectivity index (χ3n) is 7.25. The first-order chi connectivity index (χ1) is 16.2. The Labute approximate surface area is 200 Å². The highest BCUT2D eigenvalue weighted by Gasteiger charge is 2.45. The number of ether oxygens (including phenoxy) is 3. The smallest absolute Gasteiger partial charge is 0.410 e. The van der Waals surface area contributed by atoms with Crippen molar-refractivity contribution in [2.24, 2.45) is 0 Å². The highest BCUT2D eigenvalue weighted by Crippen LogP contribution is 2.36. The van der Waals surface area contributed by atoms with E-state index < -0.39 is 5.60 Å². The van der Waals surface area contributed by atoms with Crippen molar-refractivity contribution in [1.29, 1.82) is 0 Å². The van der Waals surface area contributed by atoms with Gasteiger partial charge in [-0.15, -0.1) is 0 Å². The van der Waals surface area contributed by atoms with Crippen LogP contribution in [0, 0.1) is 0 Å². The summed E-state index contributed by atoms with van der Waals surface area (Å²) in [5, 5.41) is 0.860. The van der Waals surface area contributed by atoms with Gasteiger partial charge in [0.05, 0.1) is 24.7 Å². The molecule has 1 spiro atoms. The summed E-state index contributed by atoms with van der Waals surface area (Å²) in [7, 11) is 0. The minimum atomic E-state index is -0.481. The average Bonchev–Trinajstić information content (AvgIpc) is 3.42. The van der Waals surface area contributed by atoms with Crippen LogP contribution in [-0.2, 0) is 14.2 Å². The van der Waals surface area contributed by atoms with Crippen molar-refractivity contribution in [3.05, 3.63) is 18.6 Å². The van der Waals surface area contributed by atoms with E-state index >= 15 is 0 Å². The minimum absolute atomic E-state index is 0.0530. The van der Waals surface area contributed by atoms with Gasteiger partial charge in [-0.3, -0.25) is 4.90 Å². The van der Waals surface area contributed by atoms with E-state index in [-0.39, 0.29) is 24.0 Å². The molecule has 3 fully saturated rings. The predicted molar refractivity (Wildman–Crippen MR) is 127 cm³/mol. The molecule has 2 aromatic rings. The average molecular weight is 473 g/mol. The molecule has 2 aromatic heterocycles. The molecule has 2 N–H and O–H groups in total. The number of likely N-dealkylation sites (tertiary alicyclic amines) is 1. The standard InChI is InChI=1S/C24H36N6O4/c1-23(2,3)34-22(31)28-10-7-24(8-11-28)15-32-13-12-29(24)14-17-4-5-19(33-17)30-9-6-18-20(25)26-16-27-21(18)30/h6,9,16-17,19H,4-5,7-8,10-15H2,1-3H3,(H2,25,26,27)/t17-,19+/m0/s1. The quantitative estimate of drug-likeness (QED) is 0.727. The highest BCUT2D eigenvalue weighted by atomic mass is 16.6. The van der Waals surface area contributed by atoms with E-state index in [2.05, 4.69) is 19.4 Å². The van der Waals surface area contributed by atoms with Gasteiger partial charge in [0.1, 0.15) is 29.6 Å². The molecule has 186 valence electrons. The molecule has 10 nitrogen and oxygen atoms in total. The molecule has 0 saturated carbocycles. The van der Waals surface area contributed by atoms with Gasteiger partial charge < -0.3 is 29.4 Å². The van der Waals surface area contributed by atoms with Crippen LogP contribution in [0.15, 0.2) is 18.6 Å². The number of morpholine rings is 1. The summed E-state index contributed by atoms with van der Waals surface area (Å²) in [6, 6.07) is 1.96. The molecule has 5 heterocycles. The molecule has 5 rings (SSSR count). The third-order valence-corrected chi connectivity index (χ3v) is 7.25. The molecule has 1 amide bonds. The van der Waals surface area contributed by atoms with Crippen molar-refractivity contribution < 1.29 is 19.0 Å². The van der Waals surface area contributed by atoms with Gasteiger partial charge in [0.2, 0.25) is 0 Å². The van der Waals surface area contributed by atoms with Crippen molar-refractivity contribution >= 4 is 22.9 Å². The summed E-state index contributed by atoms with van der Waals surface area (Å²) in [6.07, 6.45) is 7.03. The topological polar surface area (TPSA) is 108 Å². The predicted octanol–water partition coefficient (Wildman–Crippen LogP) is 2.79. The van der Waals surface area contributed by atoms with Gasteiger partial charge in [0, 0.05) is 37.9 Å². The zero-order valence-electron chi connectivity index (χ0n) is 20.4. The van der Waals surface area contributed by atoms with Crippen LogP contribution in [0.1, 0.15) is 52.7 Å². The summed E-state index contributed by atoms with van der Waals surface area (Å²) in [6.45, 7) is 10.2. The maximum Gasteiger partial charge on any atom is 0.410 e. The van der Waals surface area contributed by atoms with E-state index in [9.17, 15) is 4.79 Å². The lowest BCUT2D eigenvalue weighted by atomic mass is 9.85. The van der Waals surface area contributed by atoms with E-state index in [1.165, 1.54) is 6.33 Å². The van der Waals surface area contributed by atoms with Crippen LogP contribution < -0.4 is 5.73 Å². The second kappa shape index (κ2) is 8.98. The van der Waals surface area contributed by atoms with Gasteiger partial charge in [-0.25, -0.2) is 14.8 Å². The van der Waals surface area contributed by atoms with Crippen molar-refractivity contribution in [2.45, 2.75) is 69.9 Å². The fourth-order valence-corrected chi connectivity index (χ4v) is 5.44. The number of carbonyl (C=O) groups excluding carboxylic acids is 1. The molecule has 0 bridgehead atoms. The molecule has 34 heavy (non-hydrogen) atoms. The van der Waals surface area contributed by atoms with Gasteiger partial charge >= 0.3 is 6.09 Å². The molecule has 3 aliphatic rings. The zero-order chi connectivity index (χ0) is 23.9. The molecular formula is C24H36N6O4. The number of hydrogen-bond acceptors (Lipinski definition) is 8. The molecule has 10 heteroatoms. The number of piperidine rings is 1. The fourth-order valence-electron chi connectivity index (χ4n) is 5.44. The van der Waals surface area contributed by atoms with Gasteiger partial charge in [0.15, 0.2) is 0 Å². The third kappa shape index (κ3) is 4.58. The molecular weight excluding hydrogens is 436 g/mol. The lowest BCUT2D eigenvalue weighted by molar-refractivity contribution is -0.114. The van der Waals surface area contributed by atoms with Gasteiger partial charge in [-0.2, -0.15) is 0 Å². The number of anilines is 1. The van der Waals surface area contributed by atoms with Crippen LogP contribution in [0.25, 0.3) is 11.0 Å². The molecule has 3 aliphatic heterocycles. The maximum absolute atomic E-state index is 12.5. The number of aromatic nitrogens is 3. The summed E-state index contributed by atoms with van der Waals surface area (Å²) >= 11 is 0. The van der Waals surface area contributed by atoms with Crippen LogP contribution in [-0.4, -0.2) is 87.1 Å². The maximum atomic E-state index is 12.5. The second-order valence-corrected chi connectivity index (χ2v) is 10.7. The van der Waals surface area contributed by atoms with Crippen molar-refractivity contribution in [2.75, 3.05) is 45.1 Å². The van der Waals surface area contributed by atoms with Crippen LogP contribution in [0.4, 0.5) is 10.6 Å². The van der Waals surface area contributed by atoms with Gasteiger partial charge in [-0.05, 0) is 52.5 Å². The summed E-state index contributed by atoms with van der Waals surface area (Å²) in [5.41, 5.74) is 6.28. The zero-order valence-corrected chi connectivity index (χ0v) is 20.4. The summed E-state index contributed by atoms with van der Waals surface area (Å²) in [5.74, 6) is 0.492. The van der Waals surface area contributed by atoms with E-state index in [0.717, 1.165) is 56.4 Å². The first-order valence-electron chi connectivity index (χ1n) is 12.3. The Bertz CT molecular complexity index is 1030. The monoisotopic (exact) mass is 472 g/mol. The van der Waals surface area contributed by atoms with E-state index in [4.69, 9.17) is 19.9 Å². The van der Waals surface area contributed by atoms with E-state index in [1.54, 1.807) is 0 Å². The fraction of sp³-hybridized carbons (Fsp3) is 0.708. The molecule has 0 aromatic carbocycles. The van der Waals surface area contributed by atoms with Crippen LogP contribution in [0.3, 0.4) is 0 Å². The van der Waals surface area contributed by atoms with Gasteiger partial charge in [0.25, 0.3) is 0 Å². The van der Waals surface area contributed by atoms with Crippen molar-refractivity contribution in [3.8, 4) is 0 Å². The number of rotatable bonds is 3. The normalized spacial score (nSPS) is 25.8. The minimum Gasteiger partial charge on any atom is -0.444 e. The number of fused-ring (bicyclic) bond motifs is 1. The lowest BCUT2D eigenvalue weighted by Gasteiger charge is -2.51. The largest absolute Gasteiger partial charge is 0.444 e. The Morgan fingerprint density at radius 2 is 2.03 bits per heavy atom. The summed E-state index contributed by atoms with van der Waals surface area (Å²) < 4.78 is 20.1. The number of amides is 1. The lowest BCUT2D eigenvalue weighted by Crippen LogP contribution is -2.63. The number of nitrogens with two attached hydrogens (primary N) is 1. The Morgan fingerprint density at radius 1 is 1.24 bits per heavy atom. The highest BCUT2D eigenvalue weighted by molar-refractivity contribution is 5.86. The number of hydrogen-bond donors (Lipinski definition) is 1. The first-order valence-corrected chi connectivity index (χ1v) is 12.3. The van der Waals surface area contributed by atoms with E-state index in [0.29, 0.717) is 25.5 Å². The Morgan fingerprint density at radius 3 is 2.79 bits per heavy atom. The molecule has 0 aliphatic carbocycles. The number of nitrogen functional groups attached to an aromatic ring is 1. The van der Waals surface area contributed by atoms with Crippen LogP contribution in [0.2, 0.25) is 0 Å². The van der Waals surface area contributed by atoms with Crippen molar-refractivity contribution in [1.82, 2.24) is 24.3 Å².